The molecule has 1 aromatic carbocycles. The summed E-state index contributed by atoms with van der Waals surface area (Å²) in [6.45, 7) is 2.22. The molecule has 0 saturated carbocycles. The number of nitrogens with zero attached hydrogens (tertiary/aromatic N) is 2. The number of rotatable bonds is 3. The van der Waals surface area contributed by atoms with Gasteiger partial charge in [0, 0.05) is 29.7 Å². The zero-order chi connectivity index (χ0) is 14.0. The normalized spacial score (nSPS) is 10.5. The van der Waals surface area contributed by atoms with E-state index in [2.05, 4.69) is 23.0 Å². The average molecular weight is 279 g/mol. The molecule has 4 nitrogen and oxygen atoms in total. The van der Waals surface area contributed by atoms with Crippen LogP contribution in [0.15, 0.2) is 29.3 Å². The van der Waals surface area contributed by atoms with E-state index >= 15 is 0 Å². The van der Waals surface area contributed by atoms with Crippen molar-refractivity contribution in [3.05, 3.63) is 47.0 Å². The van der Waals surface area contributed by atoms with Crippen LogP contribution < -0.4 is 5.32 Å². The molecule has 0 saturated heterocycles. The second-order valence-corrected chi connectivity index (χ2v) is 4.74. The summed E-state index contributed by atoms with van der Waals surface area (Å²) in [5.41, 5.74) is 1.86. The first-order chi connectivity index (χ1) is 8.99. The van der Waals surface area contributed by atoms with Gasteiger partial charge in [-0.05, 0) is 25.1 Å². The second kappa shape index (κ2) is 5.44. The molecule has 19 heavy (non-hydrogen) atoms. The SMILES string of the molecule is Cc1c(CNC(=O)c2cc(S)ccc2F)cnn1C. The molecule has 0 fully saturated rings. The monoisotopic (exact) mass is 279 g/mol. The van der Waals surface area contributed by atoms with Crippen molar-refractivity contribution in [3.8, 4) is 0 Å². The van der Waals surface area contributed by atoms with Crippen molar-refractivity contribution in [2.45, 2.75) is 18.4 Å². The van der Waals surface area contributed by atoms with Gasteiger partial charge in [-0.25, -0.2) is 4.39 Å². The Labute approximate surface area is 116 Å². The Balaban J connectivity index is 2.09. The van der Waals surface area contributed by atoms with E-state index < -0.39 is 11.7 Å². The number of amides is 1. The minimum atomic E-state index is -0.557. The highest BCUT2D eigenvalue weighted by Crippen LogP contribution is 2.14. The van der Waals surface area contributed by atoms with Gasteiger partial charge in [0.05, 0.1) is 11.8 Å². The summed E-state index contributed by atoms with van der Waals surface area (Å²) < 4.78 is 15.2. The Bertz CT molecular complexity index is 624. The molecule has 0 aliphatic heterocycles. The molecule has 1 amide bonds. The lowest BCUT2D eigenvalue weighted by Crippen LogP contribution is -2.24. The largest absolute Gasteiger partial charge is 0.348 e. The fourth-order valence-corrected chi connectivity index (χ4v) is 1.88. The minimum absolute atomic E-state index is 0.00552. The van der Waals surface area contributed by atoms with E-state index in [1.165, 1.54) is 18.2 Å². The average Bonchev–Trinajstić information content (AvgIpc) is 2.70. The van der Waals surface area contributed by atoms with Crippen molar-refractivity contribution in [2.75, 3.05) is 0 Å². The maximum absolute atomic E-state index is 13.5. The van der Waals surface area contributed by atoms with Crippen molar-refractivity contribution in [3.63, 3.8) is 0 Å². The first-order valence-electron chi connectivity index (χ1n) is 5.73. The van der Waals surface area contributed by atoms with Crippen LogP contribution in [0.3, 0.4) is 0 Å². The zero-order valence-electron chi connectivity index (χ0n) is 10.6. The lowest BCUT2D eigenvalue weighted by atomic mass is 10.2. The Hall–Kier alpha value is -1.82. The standard InChI is InChI=1S/C13H14FN3OS/c1-8-9(7-16-17(8)2)6-15-13(18)11-5-10(19)3-4-12(11)14/h3-5,7,19H,6H2,1-2H3,(H,15,18). The molecule has 1 heterocycles. The third kappa shape index (κ3) is 2.96. The fourth-order valence-electron chi connectivity index (χ4n) is 1.68. The van der Waals surface area contributed by atoms with E-state index in [1.54, 1.807) is 10.9 Å². The number of hydrogen-bond acceptors (Lipinski definition) is 3. The quantitative estimate of drug-likeness (QED) is 0.845. The van der Waals surface area contributed by atoms with E-state index in [0.29, 0.717) is 11.4 Å². The van der Waals surface area contributed by atoms with E-state index in [0.717, 1.165) is 11.3 Å². The molecule has 2 rings (SSSR count). The van der Waals surface area contributed by atoms with Gasteiger partial charge in [-0.2, -0.15) is 5.10 Å². The topological polar surface area (TPSA) is 46.9 Å². The molecule has 100 valence electrons. The van der Waals surface area contributed by atoms with Gasteiger partial charge in [-0.1, -0.05) is 0 Å². The van der Waals surface area contributed by atoms with Crippen molar-refractivity contribution in [1.82, 2.24) is 15.1 Å². The predicted octanol–water partition coefficient (Wildman–Crippen LogP) is 2.09. The number of aromatic nitrogens is 2. The van der Waals surface area contributed by atoms with Gasteiger partial charge in [-0.3, -0.25) is 9.48 Å². The fraction of sp³-hybridized carbons (Fsp3) is 0.231. The Morgan fingerprint density at radius 3 is 2.89 bits per heavy atom. The van der Waals surface area contributed by atoms with Gasteiger partial charge in [0.1, 0.15) is 5.82 Å². The molecule has 1 aromatic heterocycles. The number of nitrogens with one attached hydrogen (secondary N) is 1. The molecule has 6 heteroatoms. The van der Waals surface area contributed by atoms with Crippen LogP contribution in [0.4, 0.5) is 4.39 Å². The molecular formula is C13H14FN3OS. The van der Waals surface area contributed by atoms with Gasteiger partial charge in [0.25, 0.3) is 5.91 Å². The summed E-state index contributed by atoms with van der Waals surface area (Å²) in [5.74, 6) is -1.02. The smallest absolute Gasteiger partial charge is 0.254 e. The highest BCUT2D eigenvalue weighted by Gasteiger charge is 2.12. The summed E-state index contributed by atoms with van der Waals surface area (Å²) in [6.07, 6.45) is 1.68. The predicted molar refractivity (Wildman–Crippen MR) is 72.8 cm³/mol. The molecule has 0 atom stereocenters. The van der Waals surface area contributed by atoms with E-state index in [-0.39, 0.29) is 5.56 Å². The van der Waals surface area contributed by atoms with Gasteiger partial charge < -0.3 is 5.32 Å². The maximum Gasteiger partial charge on any atom is 0.254 e. The summed E-state index contributed by atoms with van der Waals surface area (Å²) in [4.78, 5) is 12.4. The molecule has 0 unspecified atom stereocenters. The van der Waals surface area contributed by atoms with Gasteiger partial charge in [0.2, 0.25) is 0 Å². The highest BCUT2D eigenvalue weighted by molar-refractivity contribution is 7.80. The maximum atomic E-state index is 13.5. The van der Waals surface area contributed by atoms with Gasteiger partial charge in [0.15, 0.2) is 0 Å². The zero-order valence-corrected chi connectivity index (χ0v) is 11.5. The van der Waals surface area contributed by atoms with Crippen molar-refractivity contribution >= 4 is 18.5 Å². The van der Waals surface area contributed by atoms with Crippen LogP contribution in [0.1, 0.15) is 21.6 Å². The van der Waals surface area contributed by atoms with Crippen molar-refractivity contribution < 1.29 is 9.18 Å². The van der Waals surface area contributed by atoms with Crippen LogP contribution in [0.25, 0.3) is 0 Å². The van der Waals surface area contributed by atoms with Crippen LogP contribution in [0.2, 0.25) is 0 Å². The first kappa shape index (κ1) is 13.6. The Morgan fingerprint density at radius 2 is 2.26 bits per heavy atom. The third-order valence-electron chi connectivity index (χ3n) is 2.97. The lowest BCUT2D eigenvalue weighted by molar-refractivity contribution is 0.0946. The van der Waals surface area contributed by atoms with Gasteiger partial charge >= 0.3 is 0 Å². The molecule has 0 spiro atoms. The highest BCUT2D eigenvalue weighted by atomic mass is 32.1. The van der Waals surface area contributed by atoms with Crippen molar-refractivity contribution in [1.29, 1.82) is 0 Å². The van der Waals surface area contributed by atoms with Crippen LogP contribution in [-0.4, -0.2) is 15.7 Å². The molecule has 0 radical (unpaired) electrons. The van der Waals surface area contributed by atoms with Crippen LogP contribution in [-0.2, 0) is 13.6 Å². The number of halogens is 1. The third-order valence-corrected chi connectivity index (χ3v) is 3.25. The van der Waals surface area contributed by atoms with Crippen LogP contribution >= 0.6 is 12.6 Å². The number of carbonyl (C=O) groups excluding carboxylic acids is 1. The minimum Gasteiger partial charge on any atom is -0.348 e. The first-order valence-corrected chi connectivity index (χ1v) is 6.18. The van der Waals surface area contributed by atoms with Gasteiger partial charge in [-0.15, -0.1) is 12.6 Å². The van der Waals surface area contributed by atoms with E-state index in [4.69, 9.17) is 0 Å². The molecule has 0 aliphatic rings. The molecule has 0 aliphatic carbocycles. The molecule has 1 N–H and O–H groups in total. The lowest BCUT2D eigenvalue weighted by Gasteiger charge is -2.06. The summed E-state index contributed by atoms with van der Waals surface area (Å²) in [7, 11) is 1.82. The molecular weight excluding hydrogens is 265 g/mol. The van der Waals surface area contributed by atoms with Crippen molar-refractivity contribution in [2.24, 2.45) is 7.05 Å². The van der Waals surface area contributed by atoms with E-state index in [1.807, 2.05) is 14.0 Å². The Kier molecular flexibility index (Phi) is 3.90. The number of benzene rings is 1. The Morgan fingerprint density at radius 1 is 1.53 bits per heavy atom. The summed E-state index contributed by atoms with van der Waals surface area (Å²) >= 11 is 4.09. The van der Waals surface area contributed by atoms with E-state index in [9.17, 15) is 9.18 Å². The summed E-state index contributed by atoms with van der Waals surface area (Å²) in [6, 6.07) is 4.14. The van der Waals surface area contributed by atoms with Crippen LogP contribution in [0, 0.1) is 12.7 Å². The number of aryl methyl sites for hydroxylation is 1. The molecule has 2 aromatic rings. The number of carbonyl (C=O) groups is 1. The summed E-state index contributed by atoms with van der Waals surface area (Å²) in [5, 5.41) is 6.75. The number of thiol groups is 1. The molecule has 0 bridgehead atoms. The number of hydrogen-bond donors (Lipinski definition) is 2. The second-order valence-electron chi connectivity index (χ2n) is 4.23. The van der Waals surface area contributed by atoms with Crippen LogP contribution in [0.5, 0.6) is 0 Å².